The summed E-state index contributed by atoms with van der Waals surface area (Å²) in [5, 5.41) is 3.31. The lowest BCUT2D eigenvalue weighted by Crippen LogP contribution is -2.39. The molecule has 7 heteroatoms. The zero-order valence-electron chi connectivity index (χ0n) is 14.0. The van der Waals surface area contributed by atoms with E-state index in [1.165, 1.54) is 11.6 Å². The number of aryl methyl sites for hydroxylation is 1. The van der Waals surface area contributed by atoms with Crippen molar-refractivity contribution >= 4 is 0 Å². The smallest absolute Gasteiger partial charge is 0.330 e. The van der Waals surface area contributed by atoms with Gasteiger partial charge in [0.15, 0.2) is 11.5 Å². The molecule has 1 aliphatic rings. The highest BCUT2D eigenvalue weighted by Gasteiger charge is 2.15. The van der Waals surface area contributed by atoms with Gasteiger partial charge < -0.3 is 19.4 Å². The topological polar surface area (TPSA) is 74.5 Å². The van der Waals surface area contributed by atoms with E-state index in [1.807, 2.05) is 25.1 Å². The summed E-state index contributed by atoms with van der Waals surface area (Å²) in [6, 6.07) is 5.84. The van der Waals surface area contributed by atoms with Crippen molar-refractivity contribution in [3.63, 3.8) is 0 Å². The molecule has 0 amide bonds. The molecule has 2 aromatic rings. The third-order valence-corrected chi connectivity index (χ3v) is 4.18. The van der Waals surface area contributed by atoms with Gasteiger partial charge in [0.05, 0.1) is 0 Å². The number of aromatic nitrogens is 2. The van der Waals surface area contributed by atoms with Crippen LogP contribution < -0.4 is 26.0 Å². The van der Waals surface area contributed by atoms with E-state index in [4.69, 9.17) is 9.47 Å². The Hall–Kier alpha value is -2.54. The maximum atomic E-state index is 12.2. The monoisotopic (exact) mass is 331 g/mol. The Labute approximate surface area is 139 Å². The van der Waals surface area contributed by atoms with Gasteiger partial charge in [0.1, 0.15) is 13.2 Å². The summed E-state index contributed by atoms with van der Waals surface area (Å²) in [5.41, 5.74) is 0.980. The molecule has 0 fully saturated rings. The highest BCUT2D eigenvalue weighted by Crippen LogP contribution is 2.32. The molecule has 1 aliphatic heterocycles. The normalized spacial score (nSPS) is 14.5. The third-order valence-electron chi connectivity index (χ3n) is 4.18. The van der Waals surface area contributed by atoms with Crippen molar-refractivity contribution in [3.8, 4) is 11.5 Å². The number of hydrogen-bond acceptors (Lipinski definition) is 5. The second-order valence-corrected chi connectivity index (χ2v) is 5.92. The van der Waals surface area contributed by atoms with Crippen LogP contribution in [0, 0.1) is 0 Å². The number of nitrogens with zero attached hydrogens (tertiary/aromatic N) is 2. The summed E-state index contributed by atoms with van der Waals surface area (Å²) in [6.07, 6.45) is 1.58. The molecule has 0 radical (unpaired) electrons. The van der Waals surface area contributed by atoms with Crippen molar-refractivity contribution in [1.82, 2.24) is 14.5 Å². The average molecular weight is 331 g/mol. The van der Waals surface area contributed by atoms with Gasteiger partial charge in [-0.2, -0.15) is 0 Å². The van der Waals surface area contributed by atoms with Crippen LogP contribution >= 0.6 is 0 Å². The van der Waals surface area contributed by atoms with Crippen LogP contribution in [-0.2, 0) is 20.6 Å². The van der Waals surface area contributed by atoms with Gasteiger partial charge in [-0.1, -0.05) is 6.07 Å². The third kappa shape index (κ3) is 3.07. The van der Waals surface area contributed by atoms with E-state index in [9.17, 15) is 9.59 Å². The quantitative estimate of drug-likeness (QED) is 0.893. The van der Waals surface area contributed by atoms with Gasteiger partial charge in [-0.15, -0.1) is 0 Å². The minimum absolute atomic E-state index is 0.0165. The second kappa shape index (κ2) is 6.52. The number of fused-ring (bicyclic) bond motifs is 1. The van der Waals surface area contributed by atoms with E-state index in [-0.39, 0.29) is 17.3 Å². The van der Waals surface area contributed by atoms with E-state index >= 15 is 0 Å². The lowest BCUT2D eigenvalue weighted by Gasteiger charge is -2.21. The van der Waals surface area contributed by atoms with Crippen LogP contribution in [0.5, 0.6) is 11.5 Å². The largest absolute Gasteiger partial charge is 0.486 e. The molecule has 1 aromatic heterocycles. The molecule has 0 bridgehead atoms. The molecule has 0 aliphatic carbocycles. The highest BCUT2D eigenvalue weighted by atomic mass is 16.6. The summed E-state index contributed by atoms with van der Waals surface area (Å²) in [6.45, 7) is 3.50. The Kier molecular flexibility index (Phi) is 4.44. The van der Waals surface area contributed by atoms with Gasteiger partial charge in [0.2, 0.25) is 0 Å². The number of hydrogen-bond donors (Lipinski definition) is 1. The minimum atomic E-state index is -0.330. The van der Waals surface area contributed by atoms with Crippen LogP contribution in [0.15, 0.2) is 34.0 Å². The van der Waals surface area contributed by atoms with Gasteiger partial charge in [0, 0.05) is 38.4 Å². The van der Waals surface area contributed by atoms with Gasteiger partial charge in [-0.3, -0.25) is 9.36 Å². The predicted octanol–water partition coefficient (Wildman–Crippen LogP) is 0.706. The lowest BCUT2D eigenvalue weighted by molar-refractivity contribution is 0.171. The van der Waals surface area contributed by atoms with Crippen molar-refractivity contribution in [2.45, 2.75) is 19.5 Å². The fraction of sp³-hybridized carbons (Fsp3) is 0.412. The van der Waals surface area contributed by atoms with Crippen LogP contribution in [0.4, 0.5) is 0 Å². The summed E-state index contributed by atoms with van der Waals surface area (Å²) in [5.74, 6) is 1.49. The molecule has 0 saturated heterocycles. The van der Waals surface area contributed by atoms with Crippen molar-refractivity contribution in [3.05, 3.63) is 56.4 Å². The minimum Gasteiger partial charge on any atom is -0.486 e. The van der Waals surface area contributed by atoms with Crippen molar-refractivity contribution in [1.29, 1.82) is 0 Å². The lowest BCUT2D eigenvalue weighted by atomic mass is 10.1. The Bertz CT molecular complexity index is 869. The molecule has 7 nitrogen and oxygen atoms in total. The fourth-order valence-electron chi connectivity index (χ4n) is 2.71. The molecule has 0 spiro atoms. The second-order valence-electron chi connectivity index (χ2n) is 5.92. The van der Waals surface area contributed by atoms with Crippen molar-refractivity contribution < 1.29 is 9.47 Å². The Morgan fingerprint density at radius 3 is 2.62 bits per heavy atom. The first-order chi connectivity index (χ1) is 11.5. The molecule has 1 N–H and O–H groups in total. The van der Waals surface area contributed by atoms with Crippen LogP contribution in [0.1, 0.15) is 24.1 Å². The number of nitrogens with one attached hydrogen (secondary N) is 1. The van der Waals surface area contributed by atoms with Crippen molar-refractivity contribution in [2.24, 2.45) is 14.1 Å². The summed E-state index contributed by atoms with van der Waals surface area (Å²) in [7, 11) is 3.12. The maximum absolute atomic E-state index is 12.2. The Balaban J connectivity index is 1.75. The maximum Gasteiger partial charge on any atom is 0.330 e. The molecule has 3 rings (SSSR count). The Morgan fingerprint density at radius 1 is 1.17 bits per heavy atom. The number of benzene rings is 1. The molecule has 0 saturated carbocycles. The fourth-order valence-corrected chi connectivity index (χ4v) is 2.71. The van der Waals surface area contributed by atoms with Gasteiger partial charge in [-0.25, -0.2) is 4.79 Å². The predicted molar refractivity (Wildman–Crippen MR) is 89.6 cm³/mol. The molecular formula is C17H21N3O4. The summed E-state index contributed by atoms with van der Waals surface area (Å²) in [4.78, 5) is 23.9. The van der Waals surface area contributed by atoms with E-state index in [2.05, 4.69) is 5.32 Å². The van der Waals surface area contributed by atoms with Gasteiger partial charge in [-0.05, 0) is 24.6 Å². The molecule has 1 atom stereocenters. The molecule has 128 valence electrons. The van der Waals surface area contributed by atoms with E-state index in [1.54, 1.807) is 13.2 Å². The van der Waals surface area contributed by atoms with E-state index in [0.29, 0.717) is 25.3 Å². The molecule has 2 heterocycles. The van der Waals surface area contributed by atoms with Crippen molar-refractivity contribution in [2.75, 3.05) is 13.2 Å². The zero-order chi connectivity index (χ0) is 17.3. The number of ether oxygens (including phenoxy) is 2. The average Bonchev–Trinajstić information content (AvgIpc) is 2.61. The Morgan fingerprint density at radius 2 is 1.88 bits per heavy atom. The first kappa shape index (κ1) is 16.3. The SMILES string of the molecule is CC(NCc1cn(C)c(=O)n(C)c1=O)c1ccc2c(c1)OCCO2. The number of rotatable bonds is 4. The highest BCUT2D eigenvalue weighted by molar-refractivity contribution is 5.44. The summed E-state index contributed by atoms with van der Waals surface area (Å²) < 4.78 is 13.6. The summed E-state index contributed by atoms with van der Waals surface area (Å²) >= 11 is 0. The van der Waals surface area contributed by atoms with Crippen LogP contribution in [0.3, 0.4) is 0 Å². The molecular weight excluding hydrogens is 310 g/mol. The van der Waals surface area contributed by atoms with E-state index < -0.39 is 0 Å². The molecule has 1 aromatic carbocycles. The van der Waals surface area contributed by atoms with E-state index in [0.717, 1.165) is 21.6 Å². The van der Waals surface area contributed by atoms with Crippen LogP contribution in [-0.4, -0.2) is 22.3 Å². The van der Waals surface area contributed by atoms with Crippen LogP contribution in [0.25, 0.3) is 0 Å². The zero-order valence-corrected chi connectivity index (χ0v) is 14.0. The molecule has 24 heavy (non-hydrogen) atoms. The van der Waals surface area contributed by atoms with Gasteiger partial charge >= 0.3 is 5.69 Å². The van der Waals surface area contributed by atoms with Crippen LogP contribution in [0.2, 0.25) is 0 Å². The first-order valence-electron chi connectivity index (χ1n) is 7.86. The van der Waals surface area contributed by atoms with Gasteiger partial charge in [0.25, 0.3) is 5.56 Å². The molecule has 1 unspecified atom stereocenters. The standard InChI is InChI=1S/C17H21N3O4/c1-11(12-4-5-14-15(8-12)24-7-6-23-14)18-9-13-10-19(2)17(22)20(3)16(13)21/h4-5,8,10-11,18H,6-7,9H2,1-3H3. The first-order valence-corrected chi connectivity index (χ1v) is 7.86.